The van der Waals surface area contributed by atoms with Crippen LogP contribution in [0, 0.1) is 20.8 Å². The Morgan fingerprint density at radius 1 is 1.31 bits per heavy atom. The normalized spacial score (nSPS) is 10.4. The SMILES string of the molecule is Cc1cnc(C)c(NCc2cc(C)on2)n1. The van der Waals surface area contributed by atoms with Crippen molar-refractivity contribution in [3.8, 4) is 0 Å². The maximum atomic E-state index is 4.98. The first-order valence-corrected chi connectivity index (χ1v) is 5.11. The van der Waals surface area contributed by atoms with E-state index < -0.39 is 0 Å². The van der Waals surface area contributed by atoms with Crippen molar-refractivity contribution in [2.24, 2.45) is 0 Å². The molecule has 84 valence electrons. The van der Waals surface area contributed by atoms with Gasteiger partial charge in [0, 0.05) is 12.3 Å². The largest absolute Gasteiger partial charge is 0.363 e. The fourth-order valence-corrected chi connectivity index (χ4v) is 1.38. The molecule has 2 heterocycles. The fraction of sp³-hybridized carbons (Fsp3) is 0.364. The molecule has 0 atom stereocenters. The summed E-state index contributed by atoms with van der Waals surface area (Å²) < 4.78 is 4.98. The van der Waals surface area contributed by atoms with Gasteiger partial charge in [-0.1, -0.05) is 5.16 Å². The average molecular weight is 218 g/mol. The van der Waals surface area contributed by atoms with E-state index in [-0.39, 0.29) is 0 Å². The number of hydrogen-bond acceptors (Lipinski definition) is 5. The lowest BCUT2D eigenvalue weighted by atomic mass is 10.3. The summed E-state index contributed by atoms with van der Waals surface area (Å²) in [6, 6.07) is 1.89. The van der Waals surface area contributed by atoms with Crippen LogP contribution in [0.4, 0.5) is 5.82 Å². The number of anilines is 1. The Morgan fingerprint density at radius 3 is 2.81 bits per heavy atom. The van der Waals surface area contributed by atoms with Crippen molar-refractivity contribution < 1.29 is 4.52 Å². The van der Waals surface area contributed by atoms with E-state index in [1.54, 1.807) is 6.20 Å². The van der Waals surface area contributed by atoms with Crippen molar-refractivity contribution in [3.63, 3.8) is 0 Å². The monoisotopic (exact) mass is 218 g/mol. The Hall–Kier alpha value is -1.91. The minimum Gasteiger partial charge on any atom is -0.363 e. The third kappa shape index (κ3) is 2.36. The van der Waals surface area contributed by atoms with Gasteiger partial charge in [0.05, 0.1) is 17.9 Å². The van der Waals surface area contributed by atoms with Gasteiger partial charge in [0.25, 0.3) is 0 Å². The van der Waals surface area contributed by atoms with E-state index in [9.17, 15) is 0 Å². The Bertz CT molecular complexity index is 492. The first-order valence-electron chi connectivity index (χ1n) is 5.11. The molecule has 16 heavy (non-hydrogen) atoms. The highest BCUT2D eigenvalue weighted by atomic mass is 16.5. The molecule has 0 unspecified atom stereocenters. The number of rotatable bonds is 3. The van der Waals surface area contributed by atoms with Crippen molar-refractivity contribution >= 4 is 5.82 Å². The van der Waals surface area contributed by atoms with Crippen LogP contribution in [0.1, 0.15) is 22.8 Å². The smallest absolute Gasteiger partial charge is 0.148 e. The number of hydrogen-bond donors (Lipinski definition) is 1. The topological polar surface area (TPSA) is 63.8 Å². The van der Waals surface area contributed by atoms with Gasteiger partial charge in [0.1, 0.15) is 17.3 Å². The Kier molecular flexibility index (Phi) is 2.85. The molecule has 2 aromatic rings. The molecule has 0 bridgehead atoms. The average Bonchev–Trinajstić information content (AvgIpc) is 2.66. The molecule has 0 spiro atoms. The van der Waals surface area contributed by atoms with E-state index in [0.717, 1.165) is 28.7 Å². The molecule has 0 saturated heterocycles. The third-order valence-corrected chi connectivity index (χ3v) is 2.19. The van der Waals surface area contributed by atoms with E-state index in [1.165, 1.54) is 0 Å². The molecular weight excluding hydrogens is 204 g/mol. The molecule has 0 aliphatic rings. The van der Waals surface area contributed by atoms with Crippen molar-refractivity contribution in [2.75, 3.05) is 5.32 Å². The minimum atomic E-state index is 0.594. The molecule has 0 aromatic carbocycles. The Morgan fingerprint density at radius 2 is 2.12 bits per heavy atom. The summed E-state index contributed by atoms with van der Waals surface area (Å²) >= 11 is 0. The Balaban J connectivity index is 2.07. The van der Waals surface area contributed by atoms with E-state index in [2.05, 4.69) is 20.4 Å². The molecule has 0 aliphatic carbocycles. The molecule has 2 aromatic heterocycles. The molecule has 0 amide bonds. The van der Waals surface area contributed by atoms with Crippen LogP contribution in [-0.2, 0) is 6.54 Å². The van der Waals surface area contributed by atoms with Crippen LogP contribution in [-0.4, -0.2) is 15.1 Å². The number of aromatic nitrogens is 3. The van der Waals surface area contributed by atoms with Crippen LogP contribution in [0.3, 0.4) is 0 Å². The summed E-state index contributed by atoms with van der Waals surface area (Å²) in [6.07, 6.45) is 1.75. The molecule has 2 rings (SSSR count). The van der Waals surface area contributed by atoms with Crippen molar-refractivity contribution in [3.05, 3.63) is 35.1 Å². The van der Waals surface area contributed by atoms with Crippen molar-refractivity contribution in [1.82, 2.24) is 15.1 Å². The zero-order valence-corrected chi connectivity index (χ0v) is 9.61. The van der Waals surface area contributed by atoms with Crippen LogP contribution in [0.15, 0.2) is 16.8 Å². The second-order valence-corrected chi connectivity index (χ2v) is 3.73. The summed E-state index contributed by atoms with van der Waals surface area (Å²) in [5.74, 6) is 1.60. The molecule has 0 fully saturated rings. The first-order chi connectivity index (χ1) is 7.65. The first kappa shape index (κ1) is 10.6. The Labute approximate surface area is 93.9 Å². The van der Waals surface area contributed by atoms with Gasteiger partial charge >= 0.3 is 0 Å². The zero-order valence-electron chi connectivity index (χ0n) is 9.61. The zero-order chi connectivity index (χ0) is 11.5. The lowest BCUT2D eigenvalue weighted by Gasteiger charge is -2.06. The number of aryl methyl sites for hydroxylation is 3. The number of nitrogens with zero attached hydrogens (tertiary/aromatic N) is 3. The standard InChI is InChI=1S/C11H14N4O/c1-7-5-12-9(3)11(14-7)13-6-10-4-8(2)16-15-10/h4-5H,6H2,1-3H3,(H,13,14). The molecule has 0 radical (unpaired) electrons. The molecule has 0 saturated carbocycles. The van der Waals surface area contributed by atoms with Gasteiger partial charge in [-0.05, 0) is 20.8 Å². The van der Waals surface area contributed by atoms with Crippen LogP contribution in [0.2, 0.25) is 0 Å². The highest BCUT2D eigenvalue weighted by Gasteiger charge is 2.04. The molecule has 5 nitrogen and oxygen atoms in total. The van der Waals surface area contributed by atoms with E-state index >= 15 is 0 Å². The van der Waals surface area contributed by atoms with Crippen LogP contribution >= 0.6 is 0 Å². The second-order valence-electron chi connectivity index (χ2n) is 3.73. The van der Waals surface area contributed by atoms with Gasteiger partial charge in [-0.25, -0.2) is 4.98 Å². The molecular formula is C11H14N4O. The van der Waals surface area contributed by atoms with E-state index in [4.69, 9.17) is 4.52 Å². The highest BCUT2D eigenvalue weighted by Crippen LogP contribution is 2.10. The summed E-state index contributed by atoms with van der Waals surface area (Å²) in [4.78, 5) is 8.59. The quantitative estimate of drug-likeness (QED) is 0.853. The number of nitrogens with one attached hydrogen (secondary N) is 1. The van der Waals surface area contributed by atoms with Crippen LogP contribution in [0.5, 0.6) is 0 Å². The van der Waals surface area contributed by atoms with Gasteiger partial charge in [0.15, 0.2) is 0 Å². The fourth-order valence-electron chi connectivity index (χ4n) is 1.38. The van der Waals surface area contributed by atoms with Gasteiger partial charge in [-0.15, -0.1) is 0 Å². The summed E-state index contributed by atoms with van der Waals surface area (Å²) in [5, 5.41) is 7.08. The molecule has 1 N–H and O–H groups in total. The van der Waals surface area contributed by atoms with E-state index in [1.807, 2.05) is 26.8 Å². The summed E-state index contributed by atoms with van der Waals surface area (Å²) in [7, 11) is 0. The predicted molar refractivity (Wildman–Crippen MR) is 60.1 cm³/mol. The summed E-state index contributed by atoms with van der Waals surface area (Å²) in [5.41, 5.74) is 2.63. The third-order valence-electron chi connectivity index (χ3n) is 2.19. The van der Waals surface area contributed by atoms with Crippen LogP contribution in [0.25, 0.3) is 0 Å². The van der Waals surface area contributed by atoms with E-state index in [0.29, 0.717) is 6.54 Å². The van der Waals surface area contributed by atoms with Gasteiger partial charge in [0.2, 0.25) is 0 Å². The maximum absolute atomic E-state index is 4.98. The predicted octanol–water partition coefficient (Wildman–Crippen LogP) is 2.00. The summed E-state index contributed by atoms with van der Waals surface area (Å²) in [6.45, 7) is 6.30. The molecule has 5 heteroatoms. The van der Waals surface area contributed by atoms with Gasteiger partial charge < -0.3 is 9.84 Å². The maximum Gasteiger partial charge on any atom is 0.148 e. The second kappa shape index (κ2) is 4.30. The van der Waals surface area contributed by atoms with Crippen LogP contribution < -0.4 is 5.32 Å². The van der Waals surface area contributed by atoms with Gasteiger partial charge in [-0.3, -0.25) is 4.98 Å². The minimum absolute atomic E-state index is 0.594. The lowest BCUT2D eigenvalue weighted by Crippen LogP contribution is -2.05. The highest BCUT2D eigenvalue weighted by molar-refractivity contribution is 5.39. The van der Waals surface area contributed by atoms with Crippen molar-refractivity contribution in [1.29, 1.82) is 0 Å². The molecule has 0 aliphatic heterocycles. The van der Waals surface area contributed by atoms with Gasteiger partial charge in [-0.2, -0.15) is 0 Å². The van der Waals surface area contributed by atoms with Crippen molar-refractivity contribution in [2.45, 2.75) is 27.3 Å². The lowest BCUT2D eigenvalue weighted by molar-refractivity contribution is 0.391.